The largest absolute Gasteiger partial charge is 0.481 e. The molecule has 1 unspecified atom stereocenters. The van der Waals surface area contributed by atoms with Crippen LogP contribution in [0.15, 0.2) is 24.3 Å². The molecule has 0 saturated heterocycles. The summed E-state index contributed by atoms with van der Waals surface area (Å²) in [5.41, 5.74) is 1.04. The maximum Gasteiger partial charge on any atom is 0.321 e. The van der Waals surface area contributed by atoms with Crippen molar-refractivity contribution in [2.24, 2.45) is 5.92 Å². The third-order valence-electron chi connectivity index (χ3n) is 3.05. The van der Waals surface area contributed by atoms with Crippen LogP contribution in [0.25, 0.3) is 0 Å². The fourth-order valence-corrected chi connectivity index (χ4v) is 1.76. The van der Waals surface area contributed by atoms with Gasteiger partial charge >= 0.3 is 12.0 Å². The molecule has 0 bridgehead atoms. The molecule has 1 rings (SSSR count). The summed E-state index contributed by atoms with van der Waals surface area (Å²) in [6, 6.07) is 6.06. The quantitative estimate of drug-likeness (QED) is 0.743. The average molecular weight is 307 g/mol. The van der Waals surface area contributed by atoms with E-state index >= 15 is 0 Å². The second-order valence-corrected chi connectivity index (χ2v) is 4.99. The van der Waals surface area contributed by atoms with Gasteiger partial charge in [0.05, 0.1) is 5.92 Å². The van der Waals surface area contributed by atoms with Gasteiger partial charge in [-0.15, -0.1) is 0 Å². The zero-order chi connectivity index (χ0) is 16.7. The highest BCUT2D eigenvalue weighted by Crippen LogP contribution is 2.11. The highest BCUT2D eigenvalue weighted by Gasteiger charge is 2.17. The molecule has 0 aliphatic carbocycles. The number of rotatable bonds is 6. The van der Waals surface area contributed by atoms with E-state index in [1.807, 2.05) is 6.92 Å². The van der Waals surface area contributed by atoms with Crippen molar-refractivity contribution in [3.05, 3.63) is 29.8 Å². The molecule has 3 N–H and O–H groups in total. The van der Waals surface area contributed by atoms with Crippen LogP contribution in [0.4, 0.5) is 10.5 Å². The number of benzene rings is 1. The van der Waals surface area contributed by atoms with E-state index < -0.39 is 17.9 Å². The molecule has 3 amide bonds. The Balaban J connectivity index is 2.61. The molecule has 1 aromatic rings. The monoisotopic (exact) mass is 307 g/mol. The van der Waals surface area contributed by atoms with Gasteiger partial charge in [0.15, 0.2) is 0 Å². The van der Waals surface area contributed by atoms with Crippen LogP contribution in [0.5, 0.6) is 0 Å². The lowest BCUT2D eigenvalue weighted by Crippen LogP contribution is -2.36. The minimum Gasteiger partial charge on any atom is -0.481 e. The van der Waals surface area contributed by atoms with Gasteiger partial charge in [-0.1, -0.05) is 6.92 Å². The Hall–Kier alpha value is -2.57. The first-order valence-electron chi connectivity index (χ1n) is 6.98. The van der Waals surface area contributed by atoms with Crippen molar-refractivity contribution >= 4 is 23.6 Å². The van der Waals surface area contributed by atoms with E-state index in [0.717, 1.165) is 0 Å². The Morgan fingerprint density at radius 2 is 1.82 bits per heavy atom. The van der Waals surface area contributed by atoms with Crippen LogP contribution in [0.3, 0.4) is 0 Å². The van der Waals surface area contributed by atoms with Crippen molar-refractivity contribution in [2.75, 3.05) is 25.5 Å². The zero-order valence-corrected chi connectivity index (χ0v) is 12.9. The van der Waals surface area contributed by atoms with E-state index in [0.29, 0.717) is 17.8 Å². The van der Waals surface area contributed by atoms with Crippen molar-refractivity contribution in [1.29, 1.82) is 0 Å². The molecule has 0 saturated carbocycles. The van der Waals surface area contributed by atoms with Crippen LogP contribution >= 0.6 is 0 Å². The number of amides is 3. The second kappa shape index (κ2) is 8.02. The van der Waals surface area contributed by atoms with Crippen molar-refractivity contribution in [2.45, 2.75) is 13.8 Å². The molecule has 7 heteroatoms. The fraction of sp³-hybridized carbons (Fsp3) is 0.400. The summed E-state index contributed by atoms with van der Waals surface area (Å²) in [7, 11) is 1.53. The molecular weight excluding hydrogens is 286 g/mol. The van der Waals surface area contributed by atoms with Crippen molar-refractivity contribution in [1.82, 2.24) is 10.2 Å². The Bertz CT molecular complexity index is 542. The van der Waals surface area contributed by atoms with E-state index in [1.165, 1.54) is 18.9 Å². The van der Waals surface area contributed by atoms with E-state index in [2.05, 4.69) is 10.6 Å². The van der Waals surface area contributed by atoms with Gasteiger partial charge < -0.3 is 20.6 Å². The van der Waals surface area contributed by atoms with E-state index in [-0.39, 0.29) is 12.5 Å². The summed E-state index contributed by atoms with van der Waals surface area (Å²) in [4.78, 5) is 35.6. The minimum absolute atomic E-state index is 0.109. The van der Waals surface area contributed by atoms with Gasteiger partial charge in [-0.3, -0.25) is 9.59 Å². The smallest absolute Gasteiger partial charge is 0.321 e. The normalized spacial score (nSPS) is 11.4. The van der Waals surface area contributed by atoms with Crippen molar-refractivity contribution < 1.29 is 19.5 Å². The molecule has 0 aliphatic rings. The molecule has 0 aromatic heterocycles. The van der Waals surface area contributed by atoms with Gasteiger partial charge in [0.1, 0.15) is 0 Å². The van der Waals surface area contributed by atoms with E-state index in [1.54, 1.807) is 24.3 Å². The molecule has 0 radical (unpaired) electrons. The summed E-state index contributed by atoms with van der Waals surface area (Å²) in [5.74, 6) is -1.77. The molecule has 7 nitrogen and oxygen atoms in total. The highest BCUT2D eigenvalue weighted by atomic mass is 16.4. The Labute approximate surface area is 129 Å². The lowest BCUT2D eigenvalue weighted by molar-refractivity contribution is -0.141. The van der Waals surface area contributed by atoms with Gasteiger partial charge in [-0.2, -0.15) is 0 Å². The first-order valence-corrected chi connectivity index (χ1v) is 6.98. The van der Waals surface area contributed by atoms with Crippen LogP contribution in [-0.4, -0.2) is 48.1 Å². The predicted molar refractivity (Wildman–Crippen MR) is 82.9 cm³/mol. The highest BCUT2D eigenvalue weighted by molar-refractivity contribution is 5.95. The molecular formula is C15H21N3O4. The van der Waals surface area contributed by atoms with Crippen LogP contribution < -0.4 is 10.6 Å². The number of anilines is 1. The Morgan fingerprint density at radius 3 is 2.32 bits per heavy atom. The average Bonchev–Trinajstić information content (AvgIpc) is 2.47. The number of carbonyl (C=O) groups is 3. The fourth-order valence-electron chi connectivity index (χ4n) is 1.76. The number of nitrogens with one attached hydrogen (secondary N) is 2. The molecule has 120 valence electrons. The number of carboxylic acids is 1. The van der Waals surface area contributed by atoms with Gasteiger partial charge in [-0.05, 0) is 31.2 Å². The third kappa shape index (κ3) is 5.08. The first kappa shape index (κ1) is 17.5. The van der Waals surface area contributed by atoms with E-state index in [4.69, 9.17) is 5.11 Å². The molecule has 0 spiro atoms. The van der Waals surface area contributed by atoms with Crippen LogP contribution in [0.2, 0.25) is 0 Å². The third-order valence-corrected chi connectivity index (χ3v) is 3.05. The first-order chi connectivity index (χ1) is 10.3. The molecule has 0 aliphatic heterocycles. The van der Waals surface area contributed by atoms with Gasteiger partial charge in [0, 0.05) is 31.4 Å². The minimum atomic E-state index is -0.953. The van der Waals surface area contributed by atoms with Crippen LogP contribution in [-0.2, 0) is 4.79 Å². The van der Waals surface area contributed by atoms with Gasteiger partial charge in [0.2, 0.25) is 0 Å². The number of hydrogen-bond acceptors (Lipinski definition) is 3. The summed E-state index contributed by atoms with van der Waals surface area (Å²) in [6.45, 7) is 4.02. The van der Waals surface area contributed by atoms with Gasteiger partial charge in [0.25, 0.3) is 5.91 Å². The lowest BCUT2D eigenvalue weighted by atomic mass is 10.2. The predicted octanol–water partition coefficient (Wildman–Crippen LogP) is 1.62. The van der Waals surface area contributed by atoms with Crippen molar-refractivity contribution in [3.8, 4) is 0 Å². The van der Waals surface area contributed by atoms with Crippen LogP contribution in [0, 0.1) is 5.92 Å². The number of hydrogen-bond donors (Lipinski definition) is 3. The Kier molecular flexibility index (Phi) is 6.37. The SMILES string of the molecule is CCNC(=O)c1ccc(NC(=O)N(C)CC(C)C(=O)O)cc1. The molecule has 1 aromatic carbocycles. The lowest BCUT2D eigenvalue weighted by Gasteiger charge is -2.20. The summed E-state index contributed by atoms with van der Waals surface area (Å²) < 4.78 is 0. The zero-order valence-electron chi connectivity index (χ0n) is 12.9. The number of nitrogens with zero attached hydrogens (tertiary/aromatic N) is 1. The number of aliphatic carboxylic acids is 1. The Morgan fingerprint density at radius 1 is 1.23 bits per heavy atom. The van der Waals surface area contributed by atoms with Gasteiger partial charge in [-0.25, -0.2) is 4.79 Å². The summed E-state index contributed by atoms with van der Waals surface area (Å²) in [5, 5.41) is 14.2. The second-order valence-electron chi connectivity index (χ2n) is 4.99. The number of urea groups is 1. The van der Waals surface area contributed by atoms with Crippen molar-refractivity contribution in [3.63, 3.8) is 0 Å². The van der Waals surface area contributed by atoms with E-state index in [9.17, 15) is 14.4 Å². The summed E-state index contributed by atoms with van der Waals surface area (Å²) in [6.07, 6.45) is 0. The van der Waals surface area contributed by atoms with Crippen LogP contribution in [0.1, 0.15) is 24.2 Å². The number of carboxylic acid groups (broad SMARTS) is 1. The maximum absolute atomic E-state index is 11.9. The topological polar surface area (TPSA) is 98.7 Å². The molecule has 0 heterocycles. The number of carbonyl (C=O) groups excluding carboxylic acids is 2. The summed E-state index contributed by atoms with van der Waals surface area (Å²) >= 11 is 0. The molecule has 22 heavy (non-hydrogen) atoms. The molecule has 1 atom stereocenters. The standard InChI is InChI=1S/C15H21N3O4/c1-4-16-13(19)11-5-7-12(8-6-11)17-15(22)18(3)9-10(2)14(20)21/h5-8,10H,4,9H2,1-3H3,(H,16,19)(H,17,22)(H,20,21). The maximum atomic E-state index is 11.9. The molecule has 0 fully saturated rings.